The Hall–Kier alpha value is -1.49. The summed E-state index contributed by atoms with van der Waals surface area (Å²) >= 11 is 2.22. The Morgan fingerprint density at radius 2 is 1.58 bits per heavy atom. The van der Waals surface area contributed by atoms with Crippen molar-refractivity contribution in [2.45, 2.75) is 12.8 Å². The Bertz CT molecular complexity index is 692. The van der Waals surface area contributed by atoms with Crippen LogP contribution in [-0.4, -0.2) is 9.97 Å². The smallest absolute Gasteiger partial charge is 0.128 e. The van der Waals surface area contributed by atoms with Gasteiger partial charge in [0.1, 0.15) is 5.82 Å². The fourth-order valence-electron chi connectivity index (χ4n) is 2.12. The number of hydrogen-bond donors (Lipinski definition) is 0. The van der Waals surface area contributed by atoms with Gasteiger partial charge in [-0.05, 0) is 45.3 Å². The molecular weight excluding hydrogens is 347 g/mol. The Morgan fingerprint density at radius 1 is 0.842 bits per heavy atom. The highest BCUT2D eigenvalue weighted by Crippen LogP contribution is 2.16. The van der Waals surface area contributed by atoms with Gasteiger partial charge in [0.05, 0.1) is 0 Å². The highest BCUT2D eigenvalue weighted by Gasteiger charge is 2.00. The molecule has 0 aliphatic heterocycles. The second-order valence-electron chi connectivity index (χ2n) is 4.50. The van der Waals surface area contributed by atoms with Crippen LogP contribution < -0.4 is 0 Å². The van der Waals surface area contributed by atoms with Crippen LogP contribution in [0.1, 0.15) is 11.4 Å². The van der Waals surface area contributed by atoms with Crippen molar-refractivity contribution in [1.29, 1.82) is 0 Å². The van der Waals surface area contributed by atoms with E-state index in [1.54, 1.807) is 0 Å². The first kappa shape index (κ1) is 12.5. The average Bonchev–Trinajstić information content (AvgIpc) is 2.46. The molecule has 0 spiro atoms. The molecule has 3 aromatic rings. The number of halogens is 1. The molecule has 0 radical (unpaired) electrons. The molecule has 0 fully saturated rings. The van der Waals surface area contributed by atoms with Crippen molar-refractivity contribution in [2.75, 3.05) is 0 Å². The molecule has 0 aliphatic rings. The molecule has 0 bridgehead atoms. The number of fused-ring (bicyclic) bond motifs is 1. The van der Waals surface area contributed by atoms with Gasteiger partial charge < -0.3 is 0 Å². The minimum atomic E-state index is 0.884. The molecule has 19 heavy (non-hydrogen) atoms. The second kappa shape index (κ2) is 5.65. The van der Waals surface area contributed by atoms with E-state index in [2.05, 4.69) is 75.0 Å². The summed E-state index contributed by atoms with van der Waals surface area (Å²) in [7, 11) is 0. The van der Waals surface area contributed by atoms with E-state index in [1.807, 2.05) is 12.4 Å². The molecule has 3 heteroatoms. The van der Waals surface area contributed by atoms with E-state index >= 15 is 0 Å². The largest absolute Gasteiger partial charge is 0.240 e. The first-order valence-corrected chi connectivity index (χ1v) is 7.33. The predicted octanol–water partition coefficient (Wildman–Crippen LogP) is 4.02. The lowest BCUT2D eigenvalue weighted by Gasteiger charge is -2.03. The summed E-state index contributed by atoms with van der Waals surface area (Å²) in [4.78, 5) is 8.67. The number of aromatic nitrogens is 2. The van der Waals surface area contributed by atoms with Gasteiger partial charge >= 0.3 is 0 Å². The summed E-state index contributed by atoms with van der Waals surface area (Å²) in [5.74, 6) is 0.911. The molecule has 0 amide bonds. The fourth-order valence-corrected chi connectivity index (χ4v) is 2.40. The van der Waals surface area contributed by atoms with Gasteiger partial charge in [0.2, 0.25) is 0 Å². The monoisotopic (exact) mass is 360 g/mol. The van der Waals surface area contributed by atoms with E-state index in [0.717, 1.165) is 22.2 Å². The van der Waals surface area contributed by atoms with Crippen molar-refractivity contribution in [2.24, 2.45) is 0 Å². The van der Waals surface area contributed by atoms with Gasteiger partial charge in [-0.3, -0.25) is 0 Å². The molecule has 0 saturated carbocycles. The maximum atomic E-state index is 4.34. The highest BCUT2D eigenvalue weighted by atomic mass is 127. The number of rotatable bonds is 3. The van der Waals surface area contributed by atoms with Crippen LogP contribution in [0.4, 0.5) is 0 Å². The molecule has 3 rings (SSSR count). The van der Waals surface area contributed by atoms with E-state index in [9.17, 15) is 0 Å². The van der Waals surface area contributed by atoms with E-state index in [4.69, 9.17) is 0 Å². The van der Waals surface area contributed by atoms with Crippen LogP contribution in [0.2, 0.25) is 0 Å². The van der Waals surface area contributed by atoms with Crippen molar-refractivity contribution < 1.29 is 0 Å². The van der Waals surface area contributed by atoms with Crippen molar-refractivity contribution in [1.82, 2.24) is 9.97 Å². The molecule has 1 aromatic heterocycles. The van der Waals surface area contributed by atoms with Gasteiger partial charge in [0.15, 0.2) is 0 Å². The first-order valence-electron chi connectivity index (χ1n) is 6.25. The Kier molecular flexibility index (Phi) is 3.73. The summed E-state index contributed by atoms with van der Waals surface area (Å²) in [5, 5.41) is 2.58. The number of nitrogens with zero attached hydrogens (tertiary/aromatic N) is 2. The Labute approximate surface area is 126 Å². The summed E-state index contributed by atoms with van der Waals surface area (Å²) in [5.41, 5.74) is 1.33. The van der Waals surface area contributed by atoms with Gasteiger partial charge in [0.25, 0.3) is 0 Å². The van der Waals surface area contributed by atoms with Crippen LogP contribution in [0.5, 0.6) is 0 Å². The lowest BCUT2D eigenvalue weighted by molar-refractivity contribution is 0.855. The predicted molar refractivity (Wildman–Crippen MR) is 86.1 cm³/mol. The van der Waals surface area contributed by atoms with E-state index < -0.39 is 0 Å². The van der Waals surface area contributed by atoms with Crippen LogP contribution >= 0.6 is 22.6 Å². The summed E-state index contributed by atoms with van der Waals surface area (Å²) in [6, 6.07) is 15.1. The van der Waals surface area contributed by atoms with Crippen molar-refractivity contribution in [3.05, 3.63) is 69.8 Å². The van der Waals surface area contributed by atoms with E-state index in [-0.39, 0.29) is 0 Å². The Balaban J connectivity index is 1.76. The van der Waals surface area contributed by atoms with Gasteiger partial charge in [-0.15, -0.1) is 0 Å². The summed E-state index contributed by atoms with van der Waals surface area (Å²) in [6.07, 6.45) is 5.59. The zero-order chi connectivity index (χ0) is 13.1. The maximum Gasteiger partial charge on any atom is 0.128 e. The minimum Gasteiger partial charge on any atom is -0.240 e. The lowest BCUT2D eigenvalue weighted by atomic mass is 10.0. The average molecular weight is 360 g/mol. The van der Waals surface area contributed by atoms with Crippen LogP contribution in [0.3, 0.4) is 0 Å². The third-order valence-corrected chi connectivity index (χ3v) is 3.68. The molecule has 0 saturated heterocycles. The topological polar surface area (TPSA) is 25.8 Å². The maximum absolute atomic E-state index is 4.34. The molecule has 2 aromatic carbocycles. The molecule has 0 aliphatic carbocycles. The first-order chi connectivity index (χ1) is 9.31. The molecule has 94 valence electrons. The SMILES string of the molecule is Ic1cnc(CCc2ccc3ccccc3c2)nc1. The van der Waals surface area contributed by atoms with Crippen LogP contribution in [0.25, 0.3) is 10.8 Å². The zero-order valence-electron chi connectivity index (χ0n) is 10.4. The molecule has 2 nitrogen and oxygen atoms in total. The van der Waals surface area contributed by atoms with E-state index in [0.29, 0.717) is 0 Å². The summed E-state index contributed by atoms with van der Waals surface area (Å²) < 4.78 is 1.08. The number of benzene rings is 2. The van der Waals surface area contributed by atoms with Gasteiger partial charge in [-0.2, -0.15) is 0 Å². The minimum absolute atomic E-state index is 0.884. The standard InChI is InChI=1S/C16H13IN2/c17-15-10-18-16(19-11-15)8-6-12-5-7-13-3-1-2-4-14(13)9-12/h1-5,7,9-11H,6,8H2. The summed E-state index contributed by atoms with van der Waals surface area (Å²) in [6.45, 7) is 0. The van der Waals surface area contributed by atoms with Gasteiger partial charge in [-0.1, -0.05) is 42.5 Å². The van der Waals surface area contributed by atoms with Crippen LogP contribution in [0, 0.1) is 3.57 Å². The number of aryl methyl sites for hydroxylation is 2. The molecule has 0 N–H and O–H groups in total. The Morgan fingerprint density at radius 3 is 2.37 bits per heavy atom. The van der Waals surface area contributed by atoms with Crippen molar-refractivity contribution in [3.8, 4) is 0 Å². The second-order valence-corrected chi connectivity index (χ2v) is 5.74. The third-order valence-electron chi connectivity index (χ3n) is 3.12. The van der Waals surface area contributed by atoms with Gasteiger partial charge in [0, 0.05) is 22.4 Å². The van der Waals surface area contributed by atoms with Crippen LogP contribution in [-0.2, 0) is 12.8 Å². The number of hydrogen-bond acceptors (Lipinski definition) is 2. The molecule has 0 atom stereocenters. The third kappa shape index (κ3) is 3.10. The van der Waals surface area contributed by atoms with Crippen molar-refractivity contribution in [3.63, 3.8) is 0 Å². The van der Waals surface area contributed by atoms with Crippen LogP contribution in [0.15, 0.2) is 54.9 Å². The molecule has 0 unspecified atom stereocenters. The normalized spacial score (nSPS) is 10.8. The fraction of sp³-hybridized carbons (Fsp3) is 0.125. The van der Waals surface area contributed by atoms with E-state index in [1.165, 1.54) is 16.3 Å². The quantitative estimate of drug-likeness (QED) is 0.660. The van der Waals surface area contributed by atoms with Crippen molar-refractivity contribution >= 4 is 33.4 Å². The molecular formula is C16H13IN2. The highest BCUT2D eigenvalue weighted by molar-refractivity contribution is 14.1. The lowest BCUT2D eigenvalue weighted by Crippen LogP contribution is -1.98. The molecule has 1 heterocycles. The van der Waals surface area contributed by atoms with Gasteiger partial charge in [-0.25, -0.2) is 9.97 Å². The zero-order valence-corrected chi connectivity index (χ0v) is 12.5.